The predicted octanol–water partition coefficient (Wildman–Crippen LogP) is 1.58. The Morgan fingerprint density at radius 2 is 2.00 bits per heavy atom. The van der Waals surface area contributed by atoms with Gasteiger partial charge >= 0.3 is 5.97 Å². The minimum atomic E-state index is -0.797. The van der Waals surface area contributed by atoms with Gasteiger partial charge in [0.15, 0.2) is 0 Å². The van der Waals surface area contributed by atoms with Gasteiger partial charge in [0, 0.05) is 31.9 Å². The molecule has 0 spiro atoms. The third-order valence-electron chi connectivity index (χ3n) is 4.99. The Balaban J connectivity index is 1.76. The lowest BCUT2D eigenvalue weighted by Crippen LogP contribution is -2.41. The van der Waals surface area contributed by atoms with E-state index in [1.807, 2.05) is 12.1 Å². The van der Waals surface area contributed by atoms with Crippen LogP contribution in [0.1, 0.15) is 31.4 Å². The van der Waals surface area contributed by atoms with Gasteiger partial charge in [-0.05, 0) is 31.2 Å². The third-order valence-corrected chi connectivity index (χ3v) is 4.99. The minimum absolute atomic E-state index is 0.0265. The van der Waals surface area contributed by atoms with E-state index < -0.39 is 5.97 Å². The molecule has 2 heterocycles. The number of benzene rings is 1. The van der Waals surface area contributed by atoms with E-state index in [9.17, 15) is 14.4 Å². The summed E-state index contributed by atoms with van der Waals surface area (Å²) in [6.45, 7) is 1.28. The van der Waals surface area contributed by atoms with E-state index in [0.717, 1.165) is 12.8 Å². The van der Waals surface area contributed by atoms with Crippen LogP contribution in [0.2, 0.25) is 0 Å². The Hall–Kier alpha value is -2.70. The molecule has 1 saturated heterocycles. The lowest BCUT2D eigenvalue weighted by atomic mass is 9.93. The molecule has 3 rings (SSSR count). The first kappa shape index (κ1) is 18.1. The Kier molecular flexibility index (Phi) is 5.35. The van der Waals surface area contributed by atoms with Gasteiger partial charge in [-0.1, -0.05) is 18.2 Å². The molecule has 26 heavy (non-hydrogen) atoms. The van der Waals surface area contributed by atoms with Crippen LogP contribution in [0, 0.1) is 5.92 Å². The zero-order valence-corrected chi connectivity index (χ0v) is 14.9. The number of hydrogen-bond donors (Lipinski definition) is 1. The van der Waals surface area contributed by atoms with Crippen molar-refractivity contribution in [1.82, 2.24) is 14.7 Å². The Labute approximate surface area is 151 Å². The zero-order chi connectivity index (χ0) is 18.7. The van der Waals surface area contributed by atoms with E-state index >= 15 is 0 Å². The second kappa shape index (κ2) is 7.68. The predicted molar refractivity (Wildman–Crippen MR) is 96.9 cm³/mol. The molecule has 1 fully saturated rings. The number of aliphatic carboxylic acids is 1. The number of amides is 1. The van der Waals surface area contributed by atoms with Crippen molar-refractivity contribution in [1.29, 1.82) is 0 Å². The Bertz CT molecular complexity index is 890. The largest absolute Gasteiger partial charge is 0.481 e. The van der Waals surface area contributed by atoms with E-state index in [1.165, 1.54) is 4.68 Å². The van der Waals surface area contributed by atoms with Crippen molar-refractivity contribution in [2.45, 2.75) is 32.1 Å². The average molecular weight is 357 g/mol. The molecular formula is C19H23N3O4. The van der Waals surface area contributed by atoms with Gasteiger partial charge in [0.1, 0.15) is 0 Å². The monoisotopic (exact) mass is 357 g/mol. The SMILES string of the molecule is Cn1nc(CC(=O)N2CCCC(CCC(=O)O)C2)c2ccccc2c1=O. The number of fused-ring (bicyclic) bond motifs is 1. The highest BCUT2D eigenvalue weighted by atomic mass is 16.4. The second-order valence-corrected chi connectivity index (χ2v) is 6.88. The summed E-state index contributed by atoms with van der Waals surface area (Å²) >= 11 is 0. The van der Waals surface area contributed by atoms with Crippen LogP contribution in [0.3, 0.4) is 0 Å². The van der Waals surface area contributed by atoms with Crippen molar-refractivity contribution >= 4 is 22.6 Å². The van der Waals surface area contributed by atoms with Gasteiger partial charge in [0.05, 0.1) is 17.5 Å². The molecule has 1 unspecified atom stereocenters. The minimum Gasteiger partial charge on any atom is -0.481 e. The number of piperidine rings is 1. The van der Waals surface area contributed by atoms with Gasteiger partial charge in [-0.2, -0.15) is 5.10 Å². The van der Waals surface area contributed by atoms with Crippen LogP contribution < -0.4 is 5.56 Å². The topological polar surface area (TPSA) is 92.5 Å². The number of carboxylic acids is 1. The third kappa shape index (κ3) is 3.92. The van der Waals surface area contributed by atoms with Crippen LogP contribution in [0.5, 0.6) is 0 Å². The number of aromatic nitrogens is 2. The van der Waals surface area contributed by atoms with Crippen molar-refractivity contribution in [3.63, 3.8) is 0 Å². The van der Waals surface area contributed by atoms with Crippen molar-refractivity contribution in [2.75, 3.05) is 13.1 Å². The summed E-state index contributed by atoms with van der Waals surface area (Å²) in [6, 6.07) is 7.20. The van der Waals surface area contributed by atoms with Crippen molar-refractivity contribution in [2.24, 2.45) is 13.0 Å². The van der Waals surface area contributed by atoms with Crippen LogP contribution in [-0.4, -0.2) is 44.8 Å². The number of aryl methyl sites for hydroxylation is 1. The highest BCUT2D eigenvalue weighted by Crippen LogP contribution is 2.22. The molecule has 0 bridgehead atoms. The standard InChI is InChI=1S/C19H23N3O4/c1-21-19(26)15-7-3-2-6-14(15)16(20-21)11-17(23)22-10-4-5-13(12-22)8-9-18(24)25/h2-3,6-7,13H,4-5,8-12H2,1H3,(H,24,25). The molecule has 0 aliphatic carbocycles. The molecule has 0 radical (unpaired) electrons. The van der Waals surface area contributed by atoms with Crippen molar-refractivity contribution in [3.8, 4) is 0 Å². The van der Waals surface area contributed by atoms with E-state index in [4.69, 9.17) is 5.11 Å². The molecule has 1 aromatic heterocycles. The maximum Gasteiger partial charge on any atom is 0.303 e. The van der Waals surface area contributed by atoms with Crippen LogP contribution in [-0.2, 0) is 23.1 Å². The fourth-order valence-corrected chi connectivity index (χ4v) is 3.62. The molecule has 1 amide bonds. The van der Waals surface area contributed by atoms with Gasteiger partial charge in [-0.25, -0.2) is 4.68 Å². The molecule has 1 aliphatic rings. The normalized spacial score (nSPS) is 17.4. The van der Waals surface area contributed by atoms with Crippen LogP contribution in [0.25, 0.3) is 10.8 Å². The fraction of sp³-hybridized carbons (Fsp3) is 0.474. The summed E-state index contributed by atoms with van der Waals surface area (Å²) in [6.07, 6.45) is 2.72. The number of carbonyl (C=O) groups is 2. The number of carbonyl (C=O) groups excluding carboxylic acids is 1. The summed E-state index contributed by atoms with van der Waals surface area (Å²) in [7, 11) is 1.59. The molecule has 7 heteroatoms. The molecule has 0 saturated carbocycles. The molecule has 1 aliphatic heterocycles. The second-order valence-electron chi connectivity index (χ2n) is 6.88. The fourth-order valence-electron chi connectivity index (χ4n) is 3.62. The van der Waals surface area contributed by atoms with E-state index in [2.05, 4.69) is 5.10 Å². The number of rotatable bonds is 5. The van der Waals surface area contributed by atoms with Gasteiger partial charge < -0.3 is 10.0 Å². The summed E-state index contributed by atoms with van der Waals surface area (Å²) in [5, 5.41) is 14.4. The molecule has 138 valence electrons. The van der Waals surface area contributed by atoms with E-state index in [0.29, 0.717) is 36.0 Å². The molecule has 2 aromatic rings. The molecular weight excluding hydrogens is 334 g/mol. The maximum atomic E-state index is 12.8. The Morgan fingerprint density at radius 3 is 2.73 bits per heavy atom. The maximum absolute atomic E-state index is 12.8. The summed E-state index contributed by atoms with van der Waals surface area (Å²) in [5.74, 6) is -0.593. The summed E-state index contributed by atoms with van der Waals surface area (Å²) in [5.41, 5.74) is 0.420. The average Bonchev–Trinajstić information content (AvgIpc) is 2.64. The van der Waals surface area contributed by atoms with E-state index in [1.54, 1.807) is 24.1 Å². The number of likely N-dealkylation sites (tertiary alicyclic amines) is 1. The number of hydrogen-bond acceptors (Lipinski definition) is 4. The quantitative estimate of drug-likeness (QED) is 0.877. The number of nitrogens with zero attached hydrogens (tertiary/aromatic N) is 3. The number of carboxylic acid groups (broad SMARTS) is 1. The Morgan fingerprint density at radius 1 is 1.27 bits per heavy atom. The van der Waals surface area contributed by atoms with Gasteiger partial charge in [0.2, 0.25) is 5.91 Å². The molecule has 7 nitrogen and oxygen atoms in total. The lowest BCUT2D eigenvalue weighted by molar-refractivity contribution is -0.137. The molecule has 1 atom stereocenters. The lowest BCUT2D eigenvalue weighted by Gasteiger charge is -2.32. The van der Waals surface area contributed by atoms with E-state index in [-0.39, 0.29) is 30.2 Å². The summed E-state index contributed by atoms with van der Waals surface area (Å²) in [4.78, 5) is 37.5. The van der Waals surface area contributed by atoms with Gasteiger partial charge in [0.25, 0.3) is 5.56 Å². The summed E-state index contributed by atoms with van der Waals surface area (Å²) < 4.78 is 1.27. The smallest absolute Gasteiger partial charge is 0.303 e. The first-order valence-electron chi connectivity index (χ1n) is 8.90. The highest BCUT2D eigenvalue weighted by molar-refractivity contribution is 5.88. The zero-order valence-electron chi connectivity index (χ0n) is 14.9. The van der Waals surface area contributed by atoms with Gasteiger partial charge in [-0.15, -0.1) is 0 Å². The van der Waals surface area contributed by atoms with Crippen LogP contribution in [0.15, 0.2) is 29.1 Å². The van der Waals surface area contributed by atoms with Crippen molar-refractivity contribution in [3.05, 3.63) is 40.3 Å². The van der Waals surface area contributed by atoms with Crippen molar-refractivity contribution < 1.29 is 14.7 Å². The molecule has 1 aromatic carbocycles. The van der Waals surface area contributed by atoms with Gasteiger partial charge in [-0.3, -0.25) is 14.4 Å². The first-order valence-corrected chi connectivity index (χ1v) is 8.90. The van der Waals surface area contributed by atoms with Crippen LogP contribution in [0.4, 0.5) is 0 Å². The van der Waals surface area contributed by atoms with Crippen LogP contribution >= 0.6 is 0 Å². The highest BCUT2D eigenvalue weighted by Gasteiger charge is 2.25. The first-order chi connectivity index (χ1) is 12.5. The molecule has 1 N–H and O–H groups in total.